The predicted octanol–water partition coefficient (Wildman–Crippen LogP) is 4.57. The van der Waals surface area contributed by atoms with Crippen LogP contribution in [0.2, 0.25) is 0 Å². The van der Waals surface area contributed by atoms with E-state index < -0.39 is 0 Å². The van der Waals surface area contributed by atoms with Crippen LogP contribution in [0.15, 0.2) is 36.4 Å². The van der Waals surface area contributed by atoms with E-state index in [-0.39, 0.29) is 0 Å². The minimum absolute atomic E-state index is 0.974. The topological polar surface area (TPSA) is 15.3 Å². The van der Waals surface area contributed by atoms with E-state index in [0.717, 1.165) is 32.7 Å². The maximum absolute atomic E-state index is 3.60. The molecule has 0 fully saturated rings. The highest BCUT2D eigenvalue weighted by Gasteiger charge is 2.08. The average molecular weight is 298 g/mol. The number of fused-ring (bicyclic) bond motifs is 1. The Kier molecular flexibility index (Phi) is 6.88. The molecule has 0 radical (unpaired) electrons. The van der Waals surface area contributed by atoms with Gasteiger partial charge in [-0.1, -0.05) is 51.5 Å². The molecule has 2 rings (SSSR count). The van der Waals surface area contributed by atoms with Crippen LogP contribution in [0.25, 0.3) is 10.8 Å². The molecule has 22 heavy (non-hydrogen) atoms. The van der Waals surface area contributed by atoms with Crippen molar-refractivity contribution < 1.29 is 0 Å². The zero-order valence-electron chi connectivity index (χ0n) is 14.4. The molecular formula is C20H30N2. The predicted molar refractivity (Wildman–Crippen MR) is 97.2 cm³/mol. The molecule has 0 aliphatic heterocycles. The van der Waals surface area contributed by atoms with Crippen molar-refractivity contribution in [2.24, 2.45) is 0 Å². The van der Waals surface area contributed by atoms with Gasteiger partial charge in [0.25, 0.3) is 0 Å². The van der Waals surface area contributed by atoms with Gasteiger partial charge in [0, 0.05) is 13.1 Å². The van der Waals surface area contributed by atoms with Gasteiger partial charge in [-0.25, -0.2) is 0 Å². The first-order chi connectivity index (χ1) is 10.8. The maximum Gasteiger partial charge on any atom is 0.0236 e. The van der Waals surface area contributed by atoms with Crippen LogP contribution in [-0.4, -0.2) is 24.5 Å². The molecule has 0 aliphatic rings. The normalized spacial score (nSPS) is 11.5. The molecule has 2 heteroatoms. The summed E-state index contributed by atoms with van der Waals surface area (Å²) in [5.41, 5.74) is 2.91. The van der Waals surface area contributed by atoms with Gasteiger partial charge in [0.2, 0.25) is 0 Å². The number of hydrogen-bond acceptors (Lipinski definition) is 2. The Bertz CT molecular complexity index is 573. The lowest BCUT2D eigenvalue weighted by molar-refractivity contribution is 0.295. The first kappa shape index (κ1) is 17.0. The molecule has 0 saturated carbocycles. The Morgan fingerprint density at radius 2 is 1.55 bits per heavy atom. The Labute approximate surface area is 135 Å². The van der Waals surface area contributed by atoms with Gasteiger partial charge in [0.1, 0.15) is 0 Å². The monoisotopic (exact) mass is 298 g/mol. The molecular weight excluding hydrogens is 268 g/mol. The summed E-state index contributed by atoms with van der Waals surface area (Å²) >= 11 is 0. The maximum atomic E-state index is 3.60. The highest BCUT2D eigenvalue weighted by molar-refractivity contribution is 5.84. The fourth-order valence-corrected chi connectivity index (χ4v) is 2.86. The lowest BCUT2D eigenvalue weighted by Gasteiger charge is -2.21. The van der Waals surface area contributed by atoms with Crippen LogP contribution in [0.3, 0.4) is 0 Å². The summed E-state index contributed by atoms with van der Waals surface area (Å²) in [5.74, 6) is 0. The van der Waals surface area contributed by atoms with Crippen LogP contribution in [0.4, 0.5) is 0 Å². The van der Waals surface area contributed by atoms with Gasteiger partial charge in [-0.15, -0.1) is 0 Å². The van der Waals surface area contributed by atoms with Crippen molar-refractivity contribution in [2.75, 3.05) is 19.6 Å². The van der Waals surface area contributed by atoms with Crippen LogP contribution >= 0.6 is 0 Å². The molecule has 0 spiro atoms. The van der Waals surface area contributed by atoms with Crippen molar-refractivity contribution in [1.29, 1.82) is 0 Å². The Hall–Kier alpha value is -1.38. The fraction of sp³-hybridized carbons (Fsp3) is 0.500. The largest absolute Gasteiger partial charge is 0.313 e. The minimum atomic E-state index is 0.974. The fourth-order valence-electron chi connectivity index (χ4n) is 2.86. The van der Waals surface area contributed by atoms with Gasteiger partial charge in [-0.2, -0.15) is 0 Å². The van der Waals surface area contributed by atoms with Gasteiger partial charge < -0.3 is 5.32 Å². The van der Waals surface area contributed by atoms with Gasteiger partial charge in [0.15, 0.2) is 0 Å². The highest BCUT2D eigenvalue weighted by atomic mass is 15.1. The summed E-state index contributed by atoms with van der Waals surface area (Å²) in [7, 11) is 0. The van der Waals surface area contributed by atoms with Crippen LogP contribution < -0.4 is 5.32 Å². The second-order valence-corrected chi connectivity index (χ2v) is 5.96. The van der Waals surface area contributed by atoms with Crippen molar-refractivity contribution in [3.63, 3.8) is 0 Å². The lowest BCUT2D eigenvalue weighted by Crippen LogP contribution is -2.24. The van der Waals surface area contributed by atoms with E-state index in [2.05, 4.69) is 67.4 Å². The smallest absolute Gasteiger partial charge is 0.0236 e. The lowest BCUT2D eigenvalue weighted by atomic mass is 10.00. The Morgan fingerprint density at radius 1 is 0.909 bits per heavy atom. The van der Waals surface area contributed by atoms with Crippen LogP contribution in [-0.2, 0) is 13.1 Å². The molecule has 0 amide bonds. The zero-order chi connectivity index (χ0) is 15.8. The summed E-state index contributed by atoms with van der Waals surface area (Å²) < 4.78 is 0. The third-order valence-corrected chi connectivity index (χ3v) is 4.38. The van der Waals surface area contributed by atoms with Crippen molar-refractivity contribution in [3.8, 4) is 0 Å². The highest BCUT2D eigenvalue weighted by Crippen LogP contribution is 2.21. The molecule has 0 unspecified atom stereocenters. The van der Waals surface area contributed by atoms with E-state index in [4.69, 9.17) is 0 Å². The molecule has 0 aromatic heterocycles. The third-order valence-electron chi connectivity index (χ3n) is 4.38. The summed E-state index contributed by atoms with van der Waals surface area (Å²) in [6.45, 7) is 12.0. The Morgan fingerprint density at radius 3 is 2.14 bits per heavy atom. The second kappa shape index (κ2) is 8.92. The molecule has 120 valence electrons. The molecule has 0 bridgehead atoms. The average Bonchev–Trinajstić information content (AvgIpc) is 2.56. The molecule has 0 heterocycles. The zero-order valence-corrected chi connectivity index (χ0v) is 14.4. The van der Waals surface area contributed by atoms with E-state index in [1.54, 1.807) is 0 Å². The molecule has 0 atom stereocenters. The quantitative estimate of drug-likeness (QED) is 0.682. The Balaban J connectivity index is 2.24. The van der Waals surface area contributed by atoms with Gasteiger partial charge in [-0.05, 0) is 60.1 Å². The van der Waals surface area contributed by atoms with E-state index >= 15 is 0 Å². The number of rotatable bonds is 9. The van der Waals surface area contributed by atoms with Crippen molar-refractivity contribution in [3.05, 3.63) is 47.5 Å². The molecule has 0 saturated heterocycles. The summed E-state index contributed by atoms with van der Waals surface area (Å²) in [5, 5.41) is 6.29. The third kappa shape index (κ3) is 4.56. The number of nitrogens with zero attached hydrogens (tertiary/aromatic N) is 1. The van der Waals surface area contributed by atoms with E-state index in [0.29, 0.717) is 0 Å². The van der Waals surface area contributed by atoms with E-state index in [1.807, 2.05) is 0 Å². The molecule has 2 aromatic rings. The van der Waals surface area contributed by atoms with Crippen LogP contribution in [0, 0.1) is 0 Å². The molecule has 2 aromatic carbocycles. The van der Waals surface area contributed by atoms with Gasteiger partial charge >= 0.3 is 0 Å². The SMILES string of the molecule is CCCCNCc1cc2ccccc2cc1CN(CC)CC. The first-order valence-electron chi connectivity index (χ1n) is 8.72. The van der Waals surface area contributed by atoms with Crippen molar-refractivity contribution in [2.45, 2.75) is 46.7 Å². The number of hydrogen-bond donors (Lipinski definition) is 1. The number of nitrogens with one attached hydrogen (secondary N) is 1. The molecule has 2 nitrogen and oxygen atoms in total. The molecule has 0 aliphatic carbocycles. The van der Waals surface area contributed by atoms with Gasteiger partial charge in [-0.3, -0.25) is 4.90 Å². The second-order valence-electron chi connectivity index (χ2n) is 5.96. The summed E-state index contributed by atoms with van der Waals surface area (Å²) in [6, 6.07) is 13.4. The summed E-state index contributed by atoms with van der Waals surface area (Å²) in [6.07, 6.45) is 2.50. The summed E-state index contributed by atoms with van der Waals surface area (Å²) in [4.78, 5) is 2.49. The molecule has 1 N–H and O–H groups in total. The standard InChI is InChI=1S/C20H30N2/c1-4-7-12-21-15-19-13-17-10-8-9-11-18(17)14-20(19)16-22(5-2)6-3/h8-11,13-14,21H,4-7,12,15-16H2,1-3H3. The van der Waals surface area contributed by atoms with Crippen molar-refractivity contribution >= 4 is 10.8 Å². The first-order valence-corrected chi connectivity index (χ1v) is 8.72. The van der Waals surface area contributed by atoms with Crippen molar-refractivity contribution in [1.82, 2.24) is 10.2 Å². The number of benzene rings is 2. The minimum Gasteiger partial charge on any atom is -0.313 e. The van der Waals surface area contributed by atoms with Crippen LogP contribution in [0.1, 0.15) is 44.7 Å². The number of unbranched alkanes of at least 4 members (excludes halogenated alkanes) is 1. The van der Waals surface area contributed by atoms with Gasteiger partial charge in [0.05, 0.1) is 0 Å². The van der Waals surface area contributed by atoms with E-state index in [9.17, 15) is 0 Å². The van der Waals surface area contributed by atoms with E-state index in [1.165, 1.54) is 34.7 Å². The van der Waals surface area contributed by atoms with Crippen LogP contribution in [0.5, 0.6) is 0 Å².